The number of hydrogen-bond donors (Lipinski definition) is 1. The fourth-order valence-electron chi connectivity index (χ4n) is 2.80. The van der Waals surface area contributed by atoms with E-state index in [1.807, 2.05) is 0 Å². The van der Waals surface area contributed by atoms with Crippen LogP contribution in [0.2, 0.25) is 0 Å². The van der Waals surface area contributed by atoms with E-state index >= 15 is 0 Å². The van der Waals surface area contributed by atoms with Gasteiger partial charge in [0.1, 0.15) is 4.21 Å². The first-order chi connectivity index (χ1) is 13.0. The molecule has 0 atom stereocenters. The zero-order chi connectivity index (χ0) is 18.9. The van der Waals surface area contributed by atoms with Gasteiger partial charge in [-0.15, -0.1) is 16.4 Å². The van der Waals surface area contributed by atoms with E-state index in [4.69, 9.17) is 8.94 Å². The number of amides is 1. The second-order valence-electron chi connectivity index (χ2n) is 5.89. The summed E-state index contributed by atoms with van der Waals surface area (Å²) < 4.78 is 37.0. The summed E-state index contributed by atoms with van der Waals surface area (Å²) in [6, 6.07) is 4.80. The maximum Gasteiger partial charge on any atom is 0.322 e. The number of piperidine rings is 1. The first-order valence-corrected chi connectivity index (χ1v) is 10.4. The predicted octanol–water partition coefficient (Wildman–Crippen LogP) is 1.83. The molecule has 3 aromatic rings. The van der Waals surface area contributed by atoms with E-state index in [2.05, 4.69) is 20.7 Å². The lowest BCUT2D eigenvalue weighted by Crippen LogP contribution is -2.41. The molecule has 1 fully saturated rings. The highest BCUT2D eigenvalue weighted by molar-refractivity contribution is 7.91. The Hall–Kier alpha value is -2.57. The van der Waals surface area contributed by atoms with Gasteiger partial charge < -0.3 is 8.94 Å². The molecular formula is C15H15N5O5S2. The monoisotopic (exact) mass is 409 g/mol. The highest BCUT2D eigenvalue weighted by Gasteiger charge is 2.33. The molecule has 0 aromatic carbocycles. The molecule has 0 aliphatic carbocycles. The average molecular weight is 409 g/mol. The molecule has 1 saturated heterocycles. The summed E-state index contributed by atoms with van der Waals surface area (Å²) in [6.45, 7) is 0.566. The Morgan fingerprint density at radius 1 is 1.26 bits per heavy atom. The molecule has 10 nitrogen and oxygen atoms in total. The van der Waals surface area contributed by atoms with Crippen molar-refractivity contribution in [2.45, 2.75) is 17.1 Å². The number of carbonyl (C=O) groups excluding carboxylic acids is 1. The van der Waals surface area contributed by atoms with Gasteiger partial charge in [0.05, 0.1) is 6.20 Å². The van der Waals surface area contributed by atoms with Crippen molar-refractivity contribution in [3.8, 4) is 11.7 Å². The maximum atomic E-state index is 12.5. The van der Waals surface area contributed by atoms with E-state index in [-0.39, 0.29) is 36.8 Å². The van der Waals surface area contributed by atoms with Crippen molar-refractivity contribution in [3.63, 3.8) is 0 Å². The van der Waals surface area contributed by atoms with Gasteiger partial charge in [0, 0.05) is 25.1 Å². The molecule has 1 aliphatic rings. The van der Waals surface area contributed by atoms with Crippen LogP contribution < -0.4 is 5.32 Å². The van der Waals surface area contributed by atoms with Crippen LogP contribution in [-0.2, 0) is 14.8 Å². The van der Waals surface area contributed by atoms with Gasteiger partial charge in [-0.25, -0.2) is 8.42 Å². The number of nitrogens with zero attached hydrogens (tertiary/aromatic N) is 4. The number of sulfonamides is 1. The van der Waals surface area contributed by atoms with E-state index in [0.717, 1.165) is 0 Å². The number of carbonyl (C=O) groups is 1. The number of hydrogen-bond acceptors (Lipinski definition) is 9. The second kappa shape index (κ2) is 7.21. The van der Waals surface area contributed by atoms with Gasteiger partial charge >= 0.3 is 6.01 Å². The van der Waals surface area contributed by atoms with Crippen LogP contribution in [0.4, 0.5) is 6.01 Å². The van der Waals surface area contributed by atoms with Gasteiger partial charge in [0.2, 0.25) is 11.7 Å². The lowest BCUT2D eigenvalue weighted by Gasteiger charge is -2.29. The van der Waals surface area contributed by atoms with Gasteiger partial charge in [-0.05, 0) is 24.3 Å². The number of nitrogens with one attached hydrogen (secondary N) is 1. The quantitative estimate of drug-likeness (QED) is 0.675. The topological polar surface area (TPSA) is 131 Å². The minimum atomic E-state index is -3.49. The molecule has 27 heavy (non-hydrogen) atoms. The van der Waals surface area contributed by atoms with Gasteiger partial charge in [-0.1, -0.05) is 16.3 Å². The maximum absolute atomic E-state index is 12.5. The summed E-state index contributed by atoms with van der Waals surface area (Å²) in [5.74, 6) is -0.203. The summed E-state index contributed by atoms with van der Waals surface area (Å²) in [4.78, 5) is 12.4. The zero-order valence-electron chi connectivity index (χ0n) is 13.9. The van der Waals surface area contributed by atoms with Gasteiger partial charge in [-0.3, -0.25) is 10.1 Å². The first-order valence-electron chi connectivity index (χ1n) is 8.13. The van der Waals surface area contributed by atoms with Crippen molar-refractivity contribution < 1.29 is 22.2 Å². The lowest BCUT2D eigenvalue weighted by molar-refractivity contribution is -0.121. The SMILES string of the molecule is O=C(Nc1nnc(-c2ccno2)o1)C1CCN(S(=O)(=O)c2cccs2)CC1. The highest BCUT2D eigenvalue weighted by atomic mass is 32.2. The smallest absolute Gasteiger partial charge is 0.322 e. The first kappa shape index (κ1) is 17.8. The molecule has 3 aromatic heterocycles. The Bertz CT molecular complexity index is 1010. The van der Waals surface area contributed by atoms with Crippen LogP contribution in [0.3, 0.4) is 0 Å². The number of thiophene rings is 1. The van der Waals surface area contributed by atoms with E-state index in [1.165, 1.54) is 21.8 Å². The van der Waals surface area contributed by atoms with Gasteiger partial charge in [0.15, 0.2) is 0 Å². The summed E-state index contributed by atoms with van der Waals surface area (Å²) >= 11 is 1.18. The molecule has 4 rings (SSSR count). The van der Waals surface area contributed by atoms with Crippen molar-refractivity contribution in [3.05, 3.63) is 29.8 Å². The number of rotatable bonds is 5. The molecule has 0 unspecified atom stereocenters. The second-order valence-corrected chi connectivity index (χ2v) is 9.00. The Morgan fingerprint density at radius 3 is 2.74 bits per heavy atom. The molecule has 0 bridgehead atoms. The molecule has 0 radical (unpaired) electrons. The molecule has 1 amide bonds. The third kappa shape index (κ3) is 3.63. The summed E-state index contributed by atoms with van der Waals surface area (Å²) in [5.41, 5.74) is 0. The molecule has 12 heteroatoms. The van der Waals surface area contributed by atoms with E-state index in [1.54, 1.807) is 23.6 Å². The standard InChI is InChI=1S/C15H15N5O5S2/c21-13(17-15-19-18-14(24-15)11-3-6-16-25-11)10-4-7-20(8-5-10)27(22,23)12-2-1-9-26-12/h1-3,6,9-10H,4-5,7-8H2,(H,17,19,21). The normalized spacial score (nSPS) is 16.4. The number of anilines is 1. The third-order valence-electron chi connectivity index (χ3n) is 4.22. The van der Waals surface area contributed by atoms with Crippen molar-refractivity contribution in [2.24, 2.45) is 5.92 Å². The van der Waals surface area contributed by atoms with Crippen LogP contribution >= 0.6 is 11.3 Å². The number of aromatic nitrogens is 3. The minimum Gasteiger partial charge on any atom is -0.400 e. The molecule has 1 N–H and O–H groups in total. The fraction of sp³-hybridized carbons (Fsp3) is 0.333. The molecule has 142 valence electrons. The summed E-state index contributed by atoms with van der Waals surface area (Å²) in [5, 5.41) is 15.4. The Morgan fingerprint density at radius 2 is 2.07 bits per heavy atom. The Labute approximate surface area is 158 Å². The summed E-state index contributed by atoms with van der Waals surface area (Å²) in [6.07, 6.45) is 2.27. The Kier molecular flexibility index (Phi) is 4.76. The van der Waals surface area contributed by atoms with Crippen LogP contribution in [0.5, 0.6) is 0 Å². The van der Waals surface area contributed by atoms with Crippen LogP contribution in [0.1, 0.15) is 12.8 Å². The zero-order valence-corrected chi connectivity index (χ0v) is 15.6. The molecular weight excluding hydrogens is 394 g/mol. The van der Waals surface area contributed by atoms with E-state index in [9.17, 15) is 13.2 Å². The third-order valence-corrected chi connectivity index (χ3v) is 7.49. The molecule has 0 saturated carbocycles. The van der Waals surface area contributed by atoms with Crippen LogP contribution in [0.15, 0.2) is 42.9 Å². The van der Waals surface area contributed by atoms with Gasteiger partial charge in [-0.2, -0.15) is 4.31 Å². The van der Waals surface area contributed by atoms with Crippen LogP contribution in [0.25, 0.3) is 11.7 Å². The molecule has 1 aliphatic heterocycles. The highest BCUT2D eigenvalue weighted by Crippen LogP contribution is 2.27. The van der Waals surface area contributed by atoms with E-state index < -0.39 is 10.0 Å². The van der Waals surface area contributed by atoms with Crippen LogP contribution in [0, 0.1) is 5.92 Å². The predicted molar refractivity (Wildman–Crippen MR) is 94.2 cm³/mol. The van der Waals surface area contributed by atoms with Crippen LogP contribution in [-0.4, -0.2) is 47.1 Å². The fourth-order valence-corrected chi connectivity index (χ4v) is 5.42. The van der Waals surface area contributed by atoms with Crippen molar-refractivity contribution in [2.75, 3.05) is 18.4 Å². The summed E-state index contributed by atoms with van der Waals surface area (Å²) in [7, 11) is -3.49. The Balaban J connectivity index is 1.35. The molecule has 0 spiro atoms. The molecule has 4 heterocycles. The van der Waals surface area contributed by atoms with E-state index in [0.29, 0.717) is 22.8 Å². The van der Waals surface area contributed by atoms with Gasteiger partial charge in [0.25, 0.3) is 15.9 Å². The average Bonchev–Trinajstić information content (AvgIpc) is 3.42. The minimum absolute atomic E-state index is 0.0416. The largest absolute Gasteiger partial charge is 0.400 e. The lowest BCUT2D eigenvalue weighted by atomic mass is 9.97. The van der Waals surface area contributed by atoms with Crippen molar-refractivity contribution in [1.29, 1.82) is 0 Å². The van der Waals surface area contributed by atoms with Crippen molar-refractivity contribution >= 4 is 33.3 Å². The van der Waals surface area contributed by atoms with Crippen molar-refractivity contribution in [1.82, 2.24) is 19.7 Å².